The summed E-state index contributed by atoms with van der Waals surface area (Å²) >= 11 is 0. The summed E-state index contributed by atoms with van der Waals surface area (Å²) in [5, 5.41) is 5.24. The van der Waals surface area contributed by atoms with Gasteiger partial charge in [0, 0.05) is 6.42 Å². The molecule has 0 fully saturated rings. The third-order valence-corrected chi connectivity index (χ3v) is 5.04. The monoisotopic (exact) mass is 460 g/mol. The maximum atomic E-state index is 13.0. The number of rotatable bonds is 10. The molecule has 7 nitrogen and oxygen atoms in total. The summed E-state index contributed by atoms with van der Waals surface area (Å²) in [4.78, 5) is 37.7. The molecule has 0 aliphatic carbocycles. The van der Waals surface area contributed by atoms with Crippen molar-refractivity contribution in [3.63, 3.8) is 0 Å². The number of alkyl carbamates (subject to hydrolysis) is 1. The van der Waals surface area contributed by atoms with Crippen molar-refractivity contribution in [2.75, 3.05) is 0 Å². The van der Waals surface area contributed by atoms with Crippen molar-refractivity contribution >= 4 is 18.0 Å². The highest BCUT2D eigenvalue weighted by Gasteiger charge is 2.26. The Morgan fingerprint density at radius 2 is 1.15 bits per heavy atom. The van der Waals surface area contributed by atoms with Crippen LogP contribution in [0.3, 0.4) is 0 Å². The van der Waals surface area contributed by atoms with Crippen molar-refractivity contribution in [1.29, 1.82) is 0 Å². The van der Waals surface area contributed by atoms with Crippen molar-refractivity contribution < 1.29 is 23.9 Å². The summed E-state index contributed by atoms with van der Waals surface area (Å²) in [5.41, 5.74) is 2.53. The molecule has 2 N–H and O–H groups in total. The van der Waals surface area contributed by atoms with E-state index in [0.29, 0.717) is 0 Å². The molecule has 0 bridgehead atoms. The Labute approximate surface area is 199 Å². The molecule has 0 saturated heterocycles. The van der Waals surface area contributed by atoms with Gasteiger partial charge in [0.25, 0.3) is 0 Å². The first-order valence-electron chi connectivity index (χ1n) is 11.0. The van der Waals surface area contributed by atoms with Gasteiger partial charge in [-0.25, -0.2) is 9.59 Å². The maximum absolute atomic E-state index is 13.0. The van der Waals surface area contributed by atoms with Gasteiger partial charge in [0.05, 0.1) is 0 Å². The van der Waals surface area contributed by atoms with E-state index in [1.54, 1.807) is 6.92 Å². The predicted octanol–water partition coefficient (Wildman–Crippen LogP) is 3.77. The van der Waals surface area contributed by atoms with Crippen LogP contribution in [-0.2, 0) is 38.7 Å². The van der Waals surface area contributed by atoms with Gasteiger partial charge in [0.2, 0.25) is 5.91 Å². The first-order valence-corrected chi connectivity index (χ1v) is 11.0. The molecule has 2 atom stereocenters. The van der Waals surface area contributed by atoms with Gasteiger partial charge in [-0.1, -0.05) is 91.0 Å². The number of esters is 1. The number of ether oxygens (including phenoxy) is 2. The van der Waals surface area contributed by atoms with E-state index in [1.807, 2.05) is 91.0 Å². The van der Waals surface area contributed by atoms with E-state index >= 15 is 0 Å². The van der Waals surface area contributed by atoms with E-state index < -0.39 is 30.1 Å². The van der Waals surface area contributed by atoms with Crippen LogP contribution >= 0.6 is 0 Å². The van der Waals surface area contributed by atoms with E-state index in [1.165, 1.54) is 0 Å². The van der Waals surface area contributed by atoms with Crippen molar-refractivity contribution in [2.24, 2.45) is 0 Å². The summed E-state index contributed by atoms with van der Waals surface area (Å²) < 4.78 is 10.6. The molecule has 34 heavy (non-hydrogen) atoms. The summed E-state index contributed by atoms with van der Waals surface area (Å²) in [7, 11) is 0. The van der Waals surface area contributed by atoms with Crippen LogP contribution in [-0.4, -0.2) is 30.1 Å². The lowest BCUT2D eigenvalue weighted by Gasteiger charge is -2.21. The zero-order chi connectivity index (χ0) is 24.2. The third kappa shape index (κ3) is 8.09. The van der Waals surface area contributed by atoms with Gasteiger partial charge in [-0.05, 0) is 23.6 Å². The number of hydrogen-bond acceptors (Lipinski definition) is 5. The van der Waals surface area contributed by atoms with E-state index in [-0.39, 0.29) is 19.6 Å². The Morgan fingerprint density at radius 3 is 1.68 bits per heavy atom. The number of amides is 2. The van der Waals surface area contributed by atoms with Crippen molar-refractivity contribution in [3.05, 3.63) is 108 Å². The minimum absolute atomic E-state index is 0.0779. The number of benzene rings is 3. The standard InChI is InChI=1S/C27H28N2O5/c1-20(26(31)33-18-22-13-7-3-8-14-22)28-25(30)24(17-21-11-5-2-6-12-21)29-27(32)34-19-23-15-9-4-10-16-23/h2-16,20,24H,17-19H2,1H3,(H,28,30)(H,29,32)/t20-,24-/m0/s1. The fourth-order valence-electron chi connectivity index (χ4n) is 3.19. The van der Waals surface area contributed by atoms with Gasteiger partial charge >= 0.3 is 12.1 Å². The predicted molar refractivity (Wildman–Crippen MR) is 128 cm³/mol. The molecule has 0 aliphatic rings. The van der Waals surface area contributed by atoms with E-state index in [4.69, 9.17) is 9.47 Å². The number of carbonyl (C=O) groups is 3. The van der Waals surface area contributed by atoms with Crippen LogP contribution in [0.5, 0.6) is 0 Å². The van der Waals surface area contributed by atoms with Crippen LogP contribution in [0.15, 0.2) is 91.0 Å². The average Bonchev–Trinajstić information content (AvgIpc) is 2.87. The maximum Gasteiger partial charge on any atom is 0.408 e. The molecule has 0 radical (unpaired) electrons. The van der Waals surface area contributed by atoms with Gasteiger partial charge in [-0.2, -0.15) is 0 Å². The molecular weight excluding hydrogens is 432 g/mol. The first-order chi connectivity index (χ1) is 16.5. The molecule has 0 spiro atoms. The average molecular weight is 461 g/mol. The summed E-state index contributed by atoms with van der Waals surface area (Å²) in [5.74, 6) is -1.08. The van der Waals surface area contributed by atoms with Gasteiger partial charge < -0.3 is 20.1 Å². The number of carbonyl (C=O) groups excluding carboxylic acids is 3. The fraction of sp³-hybridized carbons (Fsp3) is 0.222. The molecule has 7 heteroatoms. The smallest absolute Gasteiger partial charge is 0.408 e. The molecule has 0 saturated carbocycles. The molecule has 176 valence electrons. The molecule has 2 amide bonds. The number of hydrogen-bond donors (Lipinski definition) is 2. The SMILES string of the molecule is C[C@H](NC(=O)[C@H](Cc1ccccc1)NC(=O)OCc1ccccc1)C(=O)OCc1ccccc1. The molecule has 0 unspecified atom stereocenters. The second-order valence-electron chi connectivity index (χ2n) is 7.77. The second-order valence-corrected chi connectivity index (χ2v) is 7.77. The highest BCUT2D eigenvalue weighted by Crippen LogP contribution is 2.07. The highest BCUT2D eigenvalue weighted by atomic mass is 16.5. The Bertz CT molecular complexity index is 1060. The summed E-state index contributed by atoms with van der Waals surface area (Å²) in [6.07, 6.45) is -0.488. The van der Waals surface area contributed by atoms with Crippen LogP contribution in [0, 0.1) is 0 Å². The molecular formula is C27H28N2O5. The van der Waals surface area contributed by atoms with Gasteiger partial charge in [-0.15, -0.1) is 0 Å². The molecule has 3 aromatic rings. The normalized spacial score (nSPS) is 12.1. The third-order valence-electron chi connectivity index (χ3n) is 5.04. The largest absolute Gasteiger partial charge is 0.459 e. The zero-order valence-electron chi connectivity index (χ0n) is 19.0. The summed E-state index contributed by atoms with van der Waals surface area (Å²) in [6, 6.07) is 26.0. The Kier molecular flexibility index (Phi) is 9.22. The van der Waals surface area contributed by atoms with E-state index in [0.717, 1.165) is 16.7 Å². The van der Waals surface area contributed by atoms with Crippen LogP contribution < -0.4 is 10.6 Å². The first kappa shape index (κ1) is 24.5. The van der Waals surface area contributed by atoms with Crippen molar-refractivity contribution in [3.8, 4) is 0 Å². The van der Waals surface area contributed by atoms with Gasteiger partial charge in [0.1, 0.15) is 25.3 Å². The van der Waals surface area contributed by atoms with Crippen molar-refractivity contribution in [2.45, 2.75) is 38.6 Å². The second kappa shape index (κ2) is 12.8. The van der Waals surface area contributed by atoms with Crippen molar-refractivity contribution in [1.82, 2.24) is 10.6 Å². The topological polar surface area (TPSA) is 93.7 Å². The highest BCUT2D eigenvalue weighted by molar-refractivity contribution is 5.89. The Hall–Kier alpha value is -4.13. The van der Waals surface area contributed by atoms with Crippen LogP contribution in [0.25, 0.3) is 0 Å². The lowest BCUT2D eigenvalue weighted by molar-refractivity contribution is -0.148. The quantitative estimate of drug-likeness (QED) is 0.449. The van der Waals surface area contributed by atoms with E-state index in [9.17, 15) is 14.4 Å². The Morgan fingerprint density at radius 1 is 0.676 bits per heavy atom. The van der Waals surface area contributed by atoms with Crippen LogP contribution in [0.2, 0.25) is 0 Å². The zero-order valence-corrected chi connectivity index (χ0v) is 19.0. The minimum Gasteiger partial charge on any atom is -0.459 e. The van der Waals surface area contributed by atoms with Crippen LogP contribution in [0.4, 0.5) is 4.79 Å². The van der Waals surface area contributed by atoms with Gasteiger partial charge in [0.15, 0.2) is 0 Å². The lowest BCUT2D eigenvalue weighted by Crippen LogP contribution is -2.52. The van der Waals surface area contributed by atoms with Gasteiger partial charge in [-0.3, -0.25) is 4.79 Å². The van der Waals surface area contributed by atoms with E-state index in [2.05, 4.69) is 10.6 Å². The van der Waals surface area contributed by atoms with Crippen LogP contribution in [0.1, 0.15) is 23.6 Å². The molecule has 3 rings (SSSR count). The molecule has 0 aliphatic heterocycles. The molecule has 3 aromatic carbocycles. The molecule has 0 aromatic heterocycles. The summed E-state index contributed by atoms with van der Waals surface area (Å²) in [6.45, 7) is 1.73. The minimum atomic E-state index is -0.935. The Balaban J connectivity index is 1.57. The number of nitrogens with one attached hydrogen (secondary N) is 2. The molecule has 0 heterocycles. The fourth-order valence-corrected chi connectivity index (χ4v) is 3.19. The lowest BCUT2D eigenvalue weighted by atomic mass is 10.1.